The van der Waals surface area contributed by atoms with Gasteiger partial charge in [0.25, 0.3) is 0 Å². The third-order valence-electron chi connectivity index (χ3n) is 2.14. The van der Waals surface area contributed by atoms with Gasteiger partial charge in [-0.25, -0.2) is 0 Å². The highest BCUT2D eigenvalue weighted by Gasteiger charge is 2.31. The molecule has 0 heterocycles. The van der Waals surface area contributed by atoms with Gasteiger partial charge in [-0.15, -0.1) is 12.4 Å². The molecule has 0 bridgehead atoms. The molecule has 1 N–H and O–H groups in total. The van der Waals surface area contributed by atoms with Gasteiger partial charge in [0.1, 0.15) is 5.75 Å². The summed E-state index contributed by atoms with van der Waals surface area (Å²) in [6.45, 7) is 3.84. The third kappa shape index (κ3) is 4.63. The van der Waals surface area contributed by atoms with Crippen LogP contribution >= 0.6 is 12.4 Å². The van der Waals surface area contributed by atoms with Crippen LogP contribution in [-0.2, 0) is 10.9 Å². The number of ether oxygens (including phenoxy) is 2. The molecule has 0 aliphatic carbocycles. The maximum Gasteiger partial charge on any atom is 0.416 e. The summed E-state index contributed by atoms with van der Waals surface area (Å²) in [6, 6.07) is 2.98. The normalized spacial score (nSPS) is 10.6. The SMILES string of the molecule is CCOC(=N)c1ccc(C(F)(F)F)cc1OCC.Cl. The summed E-state index contributed by atoms with van der Waals surface area (Å²) in [5.74, 6) is -0.194. The number of halogens is 4. The molecule has 19 heavy (non-hydrogen) atoms. The first kappa shape index (κ1) is 17.6. The van der Waals surface area contributed by atoms with Crippen molar-refractivity contribution in [3.8, 4) is 5.75 Å². The Labute approximate surface area is 115 Å². The van der Waals surface area contributed by atoms with Crippen LogP contribution in [0.25, 0.3) is 0 Å². The molecule has 0 unspecified atom stereocenters. The molecular formula is C12H15ClF3NO2. The summed E-state index contributed by atoms with van der Waals surface area (Å²) in [6.07, 6.45) is -4.43. The van der Waals surface area contributed by atoms with E-state index in [0.717, 1.165) is 12.1 Å². The van der Waals surface area contributed by atoms with E-state index in [1.165, 1.54) is 6.07 Å². The van der Waals surface area contributed by atoms with Crippen LogP contribution in [0.1, 0.15) is 25.0 Å². The number of rotatable bonds is 4. The molecule has 0 aliphatic heterocycles. The predicted octanol–water partition coefficient (Wildman–Crippen LogP) is 3.89. The summed E-state index contributed by atoms with van der Waals surface area (Å²) in [5, 5.41) is 7.59. The minimum absolute atomic E-state index is 0. The van der Waals surface area contributed by atoms with Crippen molar-refractivity contribution < 1.29 is 22.6 Å². The molecule has 1 aromatic carbocycles. The third-order valence-corrected chi connectivity index (χ3v) is 2.14. The Balaban J connectivity index is 0.00000324. The van der Waals surface area contributed by atoms with Crippen molar-refractivity contribution in [2.24, 2.45) is 0 Å². The first-order valence-corrected chi connectivity index (χ1v) is 5.45. The van der Waals surface area contributed by atoms with Crippen molar-refractivity contribution in [3.63, 3.8) is 0 Å². The largest absolute Gasteiger partial charge is 0.493 e. The second kappa shape index (κ2) is 7.23. The van der Waals surface area contributed by atoms with Gasteiger partial charge in [0.2, 0.25) is 5.90 Å². The van der Waals surface area contributed by atoms with E-state index in [1.807, 2.05) is 0 Å². The number of hydrogen-bond donors (Lipinski definition) is 1. The molecule has 0 radical (unpaired) electrons. The lowest BCUT2D eigenvalue weighted by molar-refractivity contribution is -0.137. The highest BCUT2D eigenvalue weighted by molar-refractivity contribution is 5.94. The second-order valence-corrected chi connectivity index (χ2v) is 3.40. The van der Waals surface area contributed by atoms with E-state index in [9.17, 15) is 13.2 Å². The standard InChI is InChI=1S/C12H14F3NO2.ClH/c1-3-17-10-7-8(12(13,14)15)5-6-9(10)11(16)18-4-2;/h5-7,16H,3-4H2,1-2H3;1H. The van der Waals surface area contributed by atoms with Gasteiger partial charge in [0.05, 0.1) is 24.3 Å². The van der Waals surface area contributed by atoms with Crippen LogP contribution in [-0.4, -0.2) is 19.1 Å². The number of benzene rings is 1. The monoisotopic (exact) mass is 297 g/mol. The van der Waals surface area contributed by atoms with E-state index in [4.69, 9.17) is 14.9 Å². The second-order valence-electron chi connectivity index (χ2n) is 3.40. The number of alkyl halides is 3. The average Bonchev–Trinajstić information content (AvgIpc) is 2.28. The Bertz CT molecular complexity index is 435. The molecule has 108 valence electrons. The summed E-state index contributed by atoms with van der Waals surface area (Å²) >= 11 is 0. The predicted molar refractivity (Wildman–Crippen MR) is 68.3 cm³/mol. The van der Waals surface area contributed by atoms with Crippen molar-refractivity contribution in [3.05, 3.63) is 29.3 Å². The van der Waals surface area contributed by atoms with Gasteiger partial charge in [-0.2, -0.15) is 13.2 Å². The van der Waals surface area contributed by atoms with Gasteiger partial charge in [0.15, 0.2) is 0 Å². The lowest BCUT2D eigenvalue weighted by Crippen LogP contribution is -2.11. The minimum Gasteiger partial charge on any atom is -0.493 e. The Kier molecular flexibility index (Phi) is 6.69. The molecule has 0 fully saturated rings. The molecule has 0 aliphatic rings. The lowest BCUT2D eigenvalue weighted by Gasteiger charge is -2.14. The van der Waals surface area contributed by atoms with Crippen molar-refractivity contribution in [2.75, 3.05) is 13.2 Å². The summed E-state index contributed by atoms with van der Waals surface area (Å²) in [4.78, 5) is 0. The van der Waals surface area contributed by atoms with Gasteiger partial charge in [-0.05, 0) is 32.0 Å². The topological polar surface area (TPSA) is 42.3 Å². The maximum absolute atomic E-state index is 12.5. The zero-order chi connectivity index (χ0) is 13.8. The first-order chi connectivity index (χ1) is 8.40. The van der Waals surface area contributed by atoms with E-state index in [-0.39, 0.29) is 42.8 Å². The molecule has 0 amide bonds. The van der Waals surface area contributed by atoms with Crippen LogP contribution < -0.4 is 4.74 Å². The number of hydrogen-bond acceptors (Lipinski definition) is 3. The molecule has 0 saturated heterocycles. The van der Waals surface area contributed by atoms with Crippen molar-refractivity contribution >= 4 is 18.3 Å². The van der Waals surface area contributed by atoms with E-state index < -0.39 is 11.7 Å². The highest BCUT2D eigenvalue weighted by atomic mass is 35.5. The number of nitrogens with one attached hydrogen (secondary N) is 1. The fraction of sp³-hybridized carbons (Fsp3) is 0.417. The van der Waals surface area contributed by atoms with Gasteiger partial charge < -0.3 is 9.47 Å². The van der Waals surface area contributed by atoms with Gasteiger partial charge in [-0.1, -0.05) is 0 Å². The van der Waals surface area contributed by atoms with Crippen molar-refractivity contribution in [1.29, 1.82) is 5.41 Å². The molecule has 1 rings (SSSR count). The Hall–Kier alpha value is -1.43. The van der Waals surface area contributed by atoms with E-state index in [0.29, 0.717) is 0 Å². The maximum atomic E-state index is 12.5. The molecule has 0 aromatic heterocycles. The van der Waals surface area contributed by atoms with Gasteiger partial charge >= 0.3 is 6.18 Å². The summed E-state index contributed by atoms with van der Waals surface area (Å²) < 4.78 is 47.7. The highest BCUT2D eigenvalue weighted by Crippen LogP contribution is 2.33. The van der Waals surface area contributed by atoms with Crippen LogP contribution in [0.3, 0.4) is 0 Å². The first-order valence-electron chi connectivity index (χ1n) is 5.45. The smallest absolute Gasteiger partial charge is 0.416 e. The van der Waals surface area contributed by atoms with Crippen LogP contribution in [0.15, 0.2) is 18.2 Å². The van der Waals surface area contributed by atoms with Crippen molar-refractivity contribution in [1.82, 2.24) is 0 Å². The zero-order valence-electron chi connectivity index (χ0n) is 10.5. The zero-order valence-corrected chi connectivity index (χ0v) is 11.3. The van der Waals surface area contributed by atoms with Crippen LogP contribution in [0.5, 0.6) is 5.75 Å². The molecule has 1 aromatic rings. The lowest BCUT2D eigenvalue weighted by atomic mass is 10.1. The van der Waals surface area contributed by atoms with Gasteiger partial charge in [0, 0.05) is 0 Å². The molecule has 0 atom stereocenters. The Morgan fingerprint density at radius 3 is 2.32 bits per heavy atom. The molecule has 0 saturated carbocycles. The fourth-order valence-corrected chi connectivity index (χ4v) is 1.38. The molecule has 3 nitrogen and oxygen atoms in total. The summed E-state index contributed by atoms with van der Waals surface area (Å²) in [7, 11) is 0. The van der Waals surface area contributed by atoms with E-state index >= 15 is 0 Å². The van der Waals surface area contributed by atoms with Gasteiger partial charge in [-0.3, -0.25) is 5.41 Å². The average molecular weight is 298 g/mol. The molecular weight excluding hydrogens is 283 g/mol. The quantitative estimate of drug-likeness (QED) is 0.677. The van der Waals surface area contributed by atoms with E-state index in [2.05, 4.69) is 0 Å². The van der Waals surface area contributed by atoms with E-state index in [1.54, 1.807) is 13.8 Å². The Morgan fingerprint density at radius 1 is 1.21 bits per heavy atom. The van der Waals surface area contributed by atoms with Crippen LogP contribution in [0.4, 0.5) is 13.2 Å². The summed E-state index contributed by atoms with van der Waals surface area (Å²) in [5.41, 5.74) is -0.592. The Morgan fingerprint density at radius 2 is 1.84 bits per heavy atom. The van der Waals surface area contributed by atoms with Crippen molar-refractivity contribution in [2.45, 2.75) is 20.0 Å². The molecule has 7 heteroatoms. The van der Waals surface area contributed by atoms with Crippen LogP contribution in [0, 0.1) is 5.41 Å². The molecule has 0 spiro atoms. The van der Waals surface area contributed by atoms with Crippen LogP contribution in [0.2, 0.25) is 0 Å². The minimum atomic E-state index is -4.43. The fourth-order valence-electron chi connectivity index (χ4n) is 1.38.